The van der Waals surface area contributed by atoms with Gasteiger partial charge in [0, 0.05) is 13.6 Å². The highest BCUT2D eigenvalue weighted by Crippen LogP contribution is 2.30. The highest BCUT2D eigenvalue weighted by atomic mass is 79.9. The summed E-state index contributed by atoms with van der Waals surface area (Å²) in [6, 6.07) is 8.67. The Balaban J connectivity index is 2.23. The maximum Gasteiger partial charge on any atom is 0.252 e. The first-order valence-corrected chi connectivity index (χ1v) is 9.36. The highest BCUT2D eigenvalue weighted by Gasteiger charge is 2.23. The molecule has 5 nitrogen and oxygen atoms in total. The quantitative estimate of drug-likeness (QED) is 0.739. The van der Waals surface area contributed by atoms with Gasteiger partial charge in [0.1, 0.15) is 4.21 Å². The molecule has 1 aromatic heterocycles. The van der Waals surface area contributed by atoms with Gasteiger partial charge in [-0.25, -0.2) is 8.42 Å². The van der Waals surface area contributed by atoms with Crippen LogP contribution in [0.2, 0.25) is 0 Å². The first-order valence-electron chi connectivity index (χ1n) is 6.31. The van der Waals surface area contributed by atoms with Crippen molar-refractivity contribution in [3.8, 4) is 11.5 Å². The van der Waals surface area contributed by atoms with Gasteiger partial charge < -0.3 is 9.47 Å². The standard InChI is InChI=1S/C14H16BrNO4S2/c1-16(22(17,18)14-7-6-13(15)21-14)9-10-4-5-11(19-2)12(8-10)20-3/h4-8H,9H2,1-3H3. The van der Waals surface area contributed by atoms with Gasteiger partial charge in [0.05, 0.1) is 18.0 Å². The summed E-state index contributed by atoms with van der Waals surface area (Å²) in [7, 11) is 1.16. The number of rotatable bonds is 6. The minimum Gasteiger partial charge on any atom is -0.493 e. The molecule has 0 N–H and O–H groups in total. The lowest BCUT2D eigenvalue weighted by Gasteiger charge is -2.17. The number of benzene rings is 1. The van der Waals surface area contributed by atoms with Crippen LogP contribution in [0.15, 0.2) is 38.3 Å². The monoisotopic (exact) mass is 405 g/mol. The lowest BCUT2D eigenvalue weighted by molar-refractivity contribution is 0.354. The van der Waals surface area contributed by atoms with Crippen molar-refractivity contribution < 1.29 is 17.9 Å². The number of nitrogens with zero attached hydrogens (tertiary/aromatic N) is 1. The number of thiophene rings is 1. The van der Waals surface area contributed by atoms with Gasteiger partial charge in [-0.3, -0.25) is 0 Å². The molecule has 1 aromatic carbocycles. The zero-order valence-corrected chi connectivity index (χ0v) is 15.6. The molecule has 0 spiro atoms. The molecule has 0 aliphatic carbocycles. The van der Waals surface area contributed by atoms with Crippen molar-refractivity contribution in [2.24, 2.45) is 0 Å². The predicted octanol–water partition coefficient (Wildman–Crippen LogP) is 3.35. The largest absolute Gasteiger partial charge is 0.493 e. The van der Waals surface area contributed by atoms with Gasteiger partial charge in [-0.05, 0) is 45.8 Å². The van der Waals surface area contributed by atoms with Crippen molar-refractivity contribution in [3.63, 3.8) is 0 Å². The van der Waals surface area contributed by atoms with Gasteiger partial charge in [0.15, 0.2) is 11.5 Å². The summed E-state index contributed by atoms with van der Waals surface area (Å²) in [5.41, 5.74) is 0.819. The second-order valence-electron chi connectivity index (χ2n) is 4.51. The zero-order chi connectivity index (χ0) is 16.3. The minimum atomic E-state index is -3.50. The SMILES string of the molecule is COc1ccc(CN(C)S(=O)(=O)c2ccc(Br)s2)cc1OC. The van der Waals surface area contributed by atoms with E-state index < -0.39 is 10.0 Å². The minimum absolute atomic E-state index is 0.248. The molecule has 0 saturated heterocycles. The van der Waals surface area contributed by atoms with Crippen LogP contribution in [-0.2, 0) is 16.6 Å². The fourth-order valence-electron chi connectivity index (χ4n) is 1.91. The molecule has 0 bridgehead atoms. The number of hydrogen-bond donors (Lipinski definition) is 0. The van der Waals surface area contributed by atoms with E-state index in [0.29, 0.717) is 15.7 Å². The molecule has 0 fully saturated rings. The van der Waals surface area contributed by atoms with Crippen LogP contribution >= 0.6 is 27.3 Å². The summed E-state index contributed by atoms with van der Waals surface area (Å²) < 4.78 is 37.8. The van der Waals surface area contributed by atoms with E-state index in [1.807, 2.05) is 6.07 Å². The van der Waals surface area contributed by atoms with E-state index in [9.17, 15) is 8.42 Å². The van der Waals surface area contributed by atoms with E-state index >= 15 is 0 Å². The Hall–Kier alpha value is -1.09. The third-order valence-corrected chi connectivity index (χ3v) is 6.96. The Morgan fingerprint density at radius 3 is 2.36 bits per heavy atom. The van der Waals surface area contributed by atoms with Crippen LogP contribution in [0.4, 0.5) is 0 Å². The Bertz CT molecular complexity index is 758. The molecule has 0 atom stereocenters. The number of methoxy groups -OCH3 is 2. The van der Waals surface area contributed by atoms with Gasteiger partial charge in [0.25, 0.3) is 10.0 Å². The van der Waals surface area contributed by atoms with E-state index in [1.165, 1.54) is 15.6 Å². The third kappa shape index (κ3) is 3.62. The first kappa shape index (κ1) is 17.3. The third-order valence-electron chi connectivity index (χ3n) is 3.07. The molecule has 0 amide bonds. The van der Waals surface area contributed by atoms with Crippen LogP contribution in [0.5, 0.6) is 11.5 Å². The van der Waals surface area contributed by atoms with Crippen molar-refractivity contribution in [2.75, 3.05) is 21.3 Å². The van der Waals surface area contributed by atoms with E-state index in [-0.39, 0.29) is 6.54 Å². The van der Waals surface area contributed by atoms with E-state index in [2.05, 4.69) is 15.9 Å². The Morgan fingerprint density at radius 2 is 1.82 bits per heavy atom. The molecule has 0 radical (unpaired) electrons. The molecule has 0 aliphatic heterocycles. The van der Waals surface area contributed by atoms with E-state index in [4.69, 9.17) is 9.47 Å². The second kappa shape index (κ2) is 6.99. The number of ether oxygens (including phenoxy) is 2. The second-order valence-corrected chi connectivity index (χ2v) is 9.24. The molecular weight excluding hydrogens is 390 g/mol. The summed E-state index contributed by atoms with van der Waals surface area (Å²) in [4.78, 5) is 0. The molecule has 22 heavy (non-hydrogen) atoms. The molecule has 0 unspecified atom stereocenters. The summed E-state index contributed by atoms with van der Waals surface area (Å²) in [5, 5.41) is 0. The fraction of sp³-hybridized carbons (Fsp3) is 0.286. The predicted molar refractivity (Wildman–Crippen MR) is 90.2 cm³/mol. The molecule has 2 rings (SSSR count). The lowest BCUT2D eigenvalue weighted by atomic mass is 10.2. The lowest BCUT2D eigenvalue weighted by Crippen LogP contribution is -2.25. The van der Waals surface area contributed by atoms with Gasteiger partial charge in [0.2, 0.25) is 0 Å². The van der Waals surface area contributed by atoms with Crippen LogP contribution in [0.25, 0.3) is 0 Å². The maximum absolute atomic E-state index is 12.5. The summed E-state index contributed by atoms with van der Waals surface area (Å²) >= 11 is 4.47. The van der Waals surface area contributed by atoms with Crippen LogP contribution in [0, 0.1) is 0 Å². The summed E-state index contributed by atoms with van der Waals surface area (Å²) in [6.45, 7) is 0.248. The number of hydrogen-bond acceptors (Lipinski definition) is 5. The molecular formula is C14H16BrNO4S2. The zero-order valence-electron chi connectivity index (χ0n) is 12.4. The van der Waals surface area contributed by atoms with E-state index in [0.717, 1.165) is 9.35 Å². The van der Waals surface area contributed by atoms with Crippen molar-refractivity contribution in [1.82, 2.24) is 4.31 Å². The Morgan fingerprint density at radius 1 is 1.14 bits per heavy atom. The maximum atomic E-state index is 12.5. The molecule has 0 saturated carbocycles. The van der Waals surface area contributed by atoms with Crippen molar-refractivity contribution in [1.29, 1.82) is 0 Å². The topological polar surface area (TPSA) is 55.8 Å². The van der Waals surface area contributed by atoms with Gasteiger partial charge in [-0.2, -0.15) is 4.31 Å². The Kier molecular flexibility index (Phi) is 5.49. The molecule has 8 heteroatoms. The highest BCUT2D eigenvalue weighted by molar-refractivity contribution is 9.11. The van der Waals surface area contributed by atoms with Gasteiger partial charge in [-0.15, -0.1) is 11.3 Å². The molecule has 0 aliphatic rings. The number of sulfonamides is 1. The average molecular weight is 406 g/mol. The van der Waals surface area contributed by atoms with Crippen LogP contribution < -0.4 is 9.47 Å². The van der Waals surface area contributed by atoms with E-state index in [1.54, 1.807) is 45.5 Å². The van der Waals surface area contributed by atoms with Crippen molar-refractivity contribution in [2.45, 2.75) is 10.8 Å². The molecule has 120 valence electrons. The average Bonchev–Trinajstić information content (AvgIpc) is 2.94. The summed E-state index contributed by atoms with van der Waals surface area (Å²) in [5.74, 6) is 1.18. The van der Waals surface area contributed by atoms with Crippen LogP contribution in [0.3, 0.4) is 0 Å². The van der Waals surface area contributed by atoms with Crippen LogP contribution in [-0.4, -0.2) is 34.0 Å². The van der Waals surface area contributed by atoms with Crippen molar-refractivity contribution in [3.05, 3.63) is 39.7 Å². The smallest absolute Gasteiger partial charge is 0.252 e. The number of halogens is 1. The summed E-state index contributed by atoms with van der Waals surface area (Å²) in [6.07, 6.45) is 0. The molecule has 2 aromatic rings. The first-order chi connectivity index (χ1) is 10.4. The fourth-order valence-corrected chi connectivity index (χ4v) is 5.29. The van der Waals surface area contributed by atoms with Crippen LogP contribution in [0.1, 0.15) is 5.56 Å². The van der Waals surface area contributed by atoms with Crippen molar-refractivity contribution >= 4 is 37.3 Å². The normalized spacial score (nSPS) is 11.7. The molecule has 1 heterocycles. The Labute approximate surface area is 142 Å². The van der Waals surface area contributed by atoms with Gasteiger partial charge >= 0.3 is 0 Å². The van der Waals surface area contributed by atoms with Gasteiger partial charge in [-0.1, -0.05) is 6.07 Å².